The minimum Gasteiger partial charge on any atom is -0.307 e. The average Bonchev–Trinajstić information content (AvgIpc) is 2.34. The highest BCUT2D eigenvalue weighted by atomic mass is 19.1. The molecule has 1 saturated carbocycles. The maximum Gasteiger partial charge on any atom is 0.123 e. The highest BCUT2D eigenvalue weighted by molar-refractivity contribution is 5.19. The van der Waals surface area contributed by atoms with E-state index in [-0.39, 0.29) is 5.82 Å². The van der Waals surface area contributed by atoms with Crippen molar-refractivity contribution >= 4 is 0 Å². The molecule has 100 valence electrons. The highest BCUT2D eigenvalue weighted by Crippen LogP contribution is 2.30. The maximum atomic E-state index is 12.9. The van der Waals surface area contributed by atoms with Crippen LogP contribution in [0, 0.1) is 17.7 Å². The molecule has 0 aromatic heterocycles. The molecule has 4 atom stereocenters. The van der Waals surface area contributed by atoms with Crippen LogP contribution in [0.4, 0.5) is 4.39 Å². The standard InChI is InChI=1S/C16H24FN/c1-11-4-5-12(2)16(10-11)18-13(3)14-6-8-15(17)9-7-14/h6-9,11-13,16,18H,4-5,10H2,1-3H3/t11?,12?,13-,16?/m1/s1. The average molecular weight is 249 g/mol. The van der Waals surface area contributed by atoms with Crippen molar-refractivity contribution in [2.75, 3.05) is 0 Å². The lowest BCUT2D eigenvalue weighted by molar-refractivity contribution is 0.216. The molecule has 0 heterocycles. The predicted molar refractivity (Wildman–Crippen MR) is 73.9 cm³/mol. The number of benzene rings is 1. The van der Waals surface area contributed by atoms with Gasteiger partial charge < -0.3 is 5.32 Å². The Bertz CT molecular complexity index is 373. The van der Waals surface area contributed by atoms with Crippen LogP contribution in [0.2, 0.25) is 0 Å². The Morgan fingerprint density at radius 3 is 2.50 bits per heavy atom. The molecular weight excluding hydrogens is 225 g/mol. The third kappa shape index (κ3) is 3.32. The Morgan fingerprint density at radius 1 is 1.17 bits per heavy atom. The van der Waals surface area contributed by atoms with E-state index in [1.807, 2.05) is 12.1 Å². The fourth-order valence-electron chi connectivity index (χ4n) is 2.93. The third-order valence-corrected chi connectivity index (χ3v) is 4.29. The second-order valence-corrected chi connectivity index (χ2v) is 5.94. The summed E-state index contributed by atoms with van der Waals surface area (Å²) in [4.78, 5) is 0. The monoisotopic (exact) mass is 249 g/mol. The van der Waals surface area contributed by atoms with Gasteiger partial charge in [-0.3, -0.25) is 0 Å². The van der Waals surface area contributed by atoms with Crippen molar-refractivity contribution in [2.45, 2.75) is 52.1 Å². The van der Waals surface area contributed by atoms with Crippen LogP contribution in [0.15, 0.2) is 24.3 Å². The van der Waals surface area contributed by atoms with Gasteiger partial charge in [-0.2, -0.15) is 0 Å². The molecule has 1 nitrogen and oxygen atoms in total. The van der Waals surface area contributed by atoms with Gasteiger partial charge in [0.25, 0.3) is 0 Å². The lowest BCUT2D eigenvalue weighted by atomic mass is 9.79. The topological polar surface area (TPSA) is 12.0 Å². The van der Waals surface area contributed by atoms with Crippen LogP contribution < -0.4 is 5.32 Å². The first-order valence-electron chi connectivity index (χ1n) is 7.07. The molecule has 1 aromatic carbocycles. The van der Waals surface area contributed by atoms with Crippen molar-refractivity contribution in [3.05, 3.63) is 35.6 Å². The largest absolute Gasteiger partial charge is 0.307 e. The van der Waals surface area contributed by atoms with Crippen LogP contribution in [0.1, 0.15) is 51.6 Å². The number of halogens is 1. The van der Waals surface area contributed by atoms with E-state index in [9.17, 15) is 4.39 Å². The molecule has 0 saturated heterocycles. The van der Waals surface area contributed by atoms with Gasteiger partial charge in [0, 0.05) is 12.1 Å². The summed E-state index contributed by atoms with van der Waals surface area (Å²) >= 11 is 0. The van der Waals surface area contributed by atoms with Gasteiger partial charge in [-0.1, -0.05) is 32.4 Å². The molecule has 0 bridgehead atoms. The van der Waals surface area contributed by atoms with Gasteiger partial charge in [0.05, 0.1) is 0 Å². The molecule has 0 radical (unpaired) electrons. The smallest absolute Gasteiger partial charge is 0.123 e. The summed E-state index contributed by atoms with van der Waals surface area (Å²) in [5.41, 5.74) is 1.17. The van der Waals surface area contributed by atoms with E-state index in [4.69, 9.17) is 0 Å². The van der Waals surface area contributed by atoms with Gasteiger partial charge in [-0.05, 0) is 49.3 Å². The van der Waals surface area contributed by atoms with Crippen molar-refractivity contribution in [1.82, 2.24) is 5.32 Å². The van der Waals surface area contributed by atoms with Gasteiger partial charge in [0.1, 0.15) is 5.82 Å². The summed E-state index contributed by atoms with van der Waals surface area (Å²) in [5.74, 6) is 1.40. The van der Waals surface area contributed by atoms with Crippen LogP contribution in [0.3, 0.4) is 0 Å². The fraction of sp³-hybridized carbons (Fsp3) is 0.625. The SMILES string of the molecule is CC1CCC(C)C(N[C@H](C)c2ccc(F)cc2)C1. The molecule has 2 rings (SSSR count). The highest BCUT2D eigenvalue weighted by Gasteiger charge is 2.26. The molecule has 1 aromatic rings. The summed E-state index contributed by atoms with van der Waals surface area (Å²) < 4.78 is 12.9. The second-order valence-electron chi connectivity index (χ2n) is 5.94. The van der Waals surface area contributed by atoms with E-state index in [0.29, 0.717) is 12.1 Å². The van der Waals surface area contributed by atoms with Crippen molar-refractivity contribution in [3.63, 3.8) is 0 Å². The summed E-state index contributed by atoms with van der Waals surface area (Å²) in [5, 5.41) is 3.71. The zero-order valence-corrected chi connectivity index (χ0v) is 11.6. The summed E-state index contributed by atoms with van der Waals surface area (Å²) in [6, 6.07) is 7.73. The van der Waals surface area contributed by atoms with E-state index >= 15 is 0 Å². The van der Waals surface area contributed by atoms with Crippen molar-refractivity contribution < 1.29 is 4.39 Å². The fourth-order valence-corrected chi connectivity index (χ4v) is 2.93. The van der Waals surface area contributed by atoms with Gasteiger partial charge >= 0.3 is 0 Å². The minimum atomic E-state index is -0.161. The van der Waals surface area contributed by atoms with Crippen LogP contribution in [-0.2, 0) is 0 Å². The van der Waals surface area contributed by atoms with Crippen molar-refractivity contribution in [2.24, 2.45) is 11.8 Å². The van der Waals surface area contributed by atoms with Gasteiger partial charge in [0.2, 0.25) is 0 Å². The van der Waals surface area contributed by atoms with Crippen molar-refractivity contribution in [3.8, 4) is 0 Å². The predicted octanol–water partition coefficient (Wildman–Crippen LogP) is 4.30. The lowest BCUT2D eigenvalue weighted by Crippen LogP contribution is -2.40. The molecule has 2 heteroatoms. The van der Waals surface area contributed by atoms with Crippen LogP contribution in [-0.4, -0.2) is 6.04 Å². The molecule has 3 unspecified atom stereocenters. The van der Waals surface area contributed by atoms with Gasteiger partial charge in [-0.25, -0.2) is 4.39 Å². The normalized spacial score (nSPS) is 30.1. The third-order valence-electron chi connectivity index (χ3n) is 4.29. The molecule has 0 aliphatic heterocycles. The van der Waals surface area contributed by atoms with Crippen LogP contribution in [0.5, 0.6) is 0 Å². The van der Waals surface area contributed by atoms with Crippen LogP contribution >= 0.6 is 0 Å². The quantitative estimate of drug-likeness (QED) is 0.842. The molecule has 1 aliphatic carbocycles. The Balaban J connectivity index is 1.97. The lowest BCUT2D eigenvalue weighted by Gasteiger charge is -2.35. The maximum absolute atomic E-state index is 12.9. The molecule has 1 fully saturated rings. The molecule has 1 N–H and O–H groups in total. The summed E-state index contributed by atoms with van der Waals surface area (Å²) in [6.45, 7) is 6.84. The summed E-state index contributed by atoms with van der Waals surface area (Å²) in [7, 11) is 0. The van der Waals surface area contributed by atoms with E-state index in [1.54, 1.807) is 12.1 Å². The minimum absolute atomic E-state index is 0.161. The van der Waals surface area contributed by atoms with E-state index in [2.05, 4.69) is 26.1 Å². The number of hydrogen-bond acceptors (Lipinski definition) is 1. The first-order valence-corrected chi connectivity index (χ1v) is 7.07. The zero-order valence-electron chi connectivity index (χ0n) is 11.6. The van der Waals surface area contributed by atoms with E-state index < -0.39 is 0 Å². The van der Waals surface area contributed by atoms with E-state index in [1.165, 1.54) is 24.8 Å². The van der Waals surface area contributed by atoms with Crippen molar-refractivity contribution in [1.29, 1.82) is 0 Å². The first kappa shape index (κ1) is 13.5. The van der Waals surface area contributed by atoms with Gasteiger partial charge in [0.15, 0.2) is 0 Å². The van der Waals surface area contributed by atoms with Gasteiger partial charge in [-0.15, -0.1) is 0 Å². The molecule has 0 spiro atoms. The Kier molecular flexibility index (Phi) is 4.39. The number of rotatable bonds is 3. The zero-order chi connectivity index (χ0) is 13.1. The molecule has 1 aliphatic rings. The Labute approximate surface area is 110 Å². The Hall–Kier alpha value is -0.890. The molecule has 18 heavy (non-hydrogen) atoms. The number of hydrogen-bond donors (Lipinski definition) is 1. The second kappa shape index (κ2) is 5.83. The summed E-state index contributed by atoms with van der Waals surface area (Å²) in [6.07, 6.45) is 3.92. The molecule has 0 amide bonds. The number of nitrogens with one attached hydrogen (secondary N) is 1. The van der Waals surface area contributed by atoms with Crippen LogP contribution in [0.25, 0.3) is 0 Å². The Morgan fingerprint density at radius 2 is 1.83 bits per heavy atom. The van der Waals surface area contributed by atoms with E-state index in [0.717, 1.165) is 11.8 Å². The first-order chi connectivity index (χ1) is 8.56. The molecular formula is C16H24FN.